The van der Waals surface area contributed by atoms with Gasteiger partial charge < -0.3 is 11.1 Å². The molecule has 0 amide bonds. The Morgan fingerprint density at radius 1 is 1.45 bits per heavy atom. The zero-order valence-electron chi connectivity index (χ0n) is 13.4. The van der Waals surface area contributed by atoms with Gasteiger partial charge in [0.15, 0.2) is 5.78 Å². The Morgan fingerprint density at radius 2 is 2.14 bits per heavy atom. The summed E-state index contributed by atoms with van der Waals surface area (Å²) in [7, 11) is 0. The maximum absolute atomic E-state index is 13.8. The number of Topliss-reactive ketones (excluding diaryl/α,β-unsaturated/α-hetero) is 1. The number of anilines is 1. The molecular weight excluding hydrogens is 303 g/mol. The fourth-order valence-corrected chi connectivity index (χ4v) is 3.11. The fourth-order valence-electron chi connectivity index (χ4n) is 2.90. The molecule has 3 nitrogen and oxygen atoms in total. The summed E-state index contributed by atoms with van der Waals surface area (Å²) in [6.07, 6.45) is 2.49. The molecule has 0 aromatic heterocycles. The van der Waals surface area contributed by atoms with Crippen molar-refractivity contribution in [2.24, 2.45) is 10.8 Å². The van der Waals surface area contributed by atoms with Crippen LogP contribution in [0.3, 0.4) is 0 Å². The van der Waals surface area contributed by atoms with Gasteiger partial charge in [-0.15, -0.1) is 0 Å². The highest BCUT2D eigenvalue weighted by Gasteiger charge is 2.42. The van der Waals surface area contributed by atoms with E-state index in [1.165, 1.54) is 12.1 Å². The van der Waals surface area contributed by atoms with E-state index in [1.54, 1.807) is 0 Å². The second-order valence-electron chi connectivity index (χ2n) is 7.45. The van der Waals surface area contributed by atoms with Gasteiger partial charge in [0, 0.05) is 17.5 Å². The van der Waals surface area contributed by atoms with Crippen LogP contribution in [0.25, 0.3) is 0 Å². The summed E-state index contributed by atoms with van der Waals surface area (Å²) in [6.45, 7) is 7.92. The third-order valence-electron chi connectivity index (χ3n) is 4.42. The molecule has 1 aliphatic heterocycles. The average Bonchev–Trinajstić information content (AvgIpc) is 2.90. The molecule has 1 aliphatic rings. The molecular formula is C17H24ClFN2O. The third kappa shape index (κ3) is 3.61. The predicted octanol–water partition coefficient (Wildman–Crippen LogP) is 4.05. The summed E-state index contributed by atoms with van der Waals surface area (Å²) in [5.41, 5.74) is 5.41. The van der Waals surface area contributed by atoms with Gasteiger partial charge in [-0.25, -0.2) is 4.39 Å². The number of halogens is 2. The van der Waals surface area contributed by atoms with Crippen LogP contribution in [-0.4, -0.2) is 18.9 Å². The number of rotatable bonds is 4. The van der Waals surface area contributed by atoms with Crippen LogP contribution in [0.15, 0.2) is 12.1 Å². The molecule has 0 radical (unpaired) electrons. The molecule has 5 heteroatoms. The van der Waals surface area contributed by atoms with Crippen LogP contribution in [0.4, 0.5) is 10.1 Å². The lowest BCUT2D eigenvalue weighted by Crippen LogP contribution is -2.35. The largest absolute Gasteiger partial charge is 0.395 e. The molecule has 2 rings (SSSR count). The molecule has 1 aromatic carbocycles. The molecule has 1 aromatic rings. The summed E-state index contributed by atoms with van der Waals surface area (Å²) < 4.78 is 13.8. The number of hydrogen-bond donors (Lipinski definition) is 2. The van der Waals surface area contributed by atoms with Gasteiger partial charge in [0.05, 0.1) is 10.7 Å². The summed E-state index contributed by atoms with van der Waals surface area (Å²) in [4.78, 5) is 13.0. The van der Waals surface area contributed by atoms with Gasteiger partial charge in [0.25, 0.3) is 0 Å². The molecule has 0 aliphatic carbocycles. The van der Waals surface area contributed by atoms with Crippen LogP contribution in [0.1, 0.15) is 50.4 Å². The molecule has 22 heavy (non-hydrogen) atoms. The second-order valence-corrected chi connectivity index (χ2v) is 7.86. The topological polar surface area (TPSA) is 55.1 Å². The summed E-state index contributed by atoms with van der Waals surface area (Å²) in [5, 5.41) is 3.37. The molecule has 1 atom stereocenters. The Balaban J connectivity index is 2.31. The molecule has 0 spiro atoms. The van der Waals surface area contributed by atoms with Gasteiger partial charge in [-0.05, 0) is 43.4 Å². The van der Waals surface area contributed by atoms with Gasteiger partial charge in [-0.3, -0.25) is 4.79 Å². The van der Waals surface area contributed by atoms with Crippen molar-refractivity contribution >= 4 is 23.1 Å². The minimum atomic E-state index is -0.632. The molecule has 1 fully saturated rings. The minimum Gasteiger partial charge on any atom is -0.395 e. The Bertz CT molecular complexity index is 552. The molecule has 0 saturated carbocycles. The van der Waals surface area contributed by atoms with Gasteiger partial charge in [-0.2, -0.15) is 0 Å². The number of carbonyl (C=O) groups is 1. The highest BCUT2D eigenvalue weighted by atomic mass is 35.5. The first-order valence-corrected chi connectivity index (χ1v) is 8.02. The molecule has 0 unspecified atom stereocenters. The summed E-state index contributed by atoms with van der Waals surface area (Å²) >= 11 is 5.93. The fraction of sp³-hybridized carbons (Fsp3) is 0.588. The number of hydrogen-bond acceptors (Lipinski definition) is 3. The standard InChI is InChI=1S/C17H24ClFN2O/c1-16(2,3)4-5-17(6-7-21-10-17)15(22)11-8-12(18)14(20)13(19)9-11/h8-9,21H,4-7,10,20H2,1-3H3/t17-/m0/s1. The van der Waals surface area contributed by atoms with E-state index in [2.05, 4.69) is 26.1 Å². The predicted molar refractivity (Wildman–Crippen MR) is 88.8 cm³/mol. The van der Waals surface area contributed by atoms with E-state index >= 15 is 0 Å². The van der Waals surface area contributed by atoms with E-state index in [0.717, 1.165) is 25.8 Å². The Hall–Kier alpha value is -1.13. The Kier molecular flexibility index (Phi) is 4.83. The van der Waals surface area contributed by atoms with E-state index < -0.39 is 11.2 Å². The van der Waals surface area contributed by atoms with E-state index in [1.807, 2.05) is 0 Å². The summed E-state index contributed by atoms with van der Waals surface area (Å²) in [5.74, 6) is -0.671. The second kappa shape index (κ2) is 6.17. The van der Waals surface area contributed by atoms with Gasteiger partial charge >= 0.3 is 0 Å². The first-order valence-electron chi connectivity index (χ1n) is 7.65. The van der Waals surface area contributed by atoms with E-state index in [9.17, 15) is 9.18 Å². The smallest absolute Gasteiger partial charge is 0.170 e. The highest BCUT2D eigenvalue weighted by molar-refractivity contribution is 6.33. The van der Waals surface area contributed by atoms with Crippen LogP contribution in [0.2, 0.25) is 5.02 Å². The van der Waals surface area contributed by atoms with E-state index in [-0.39, 0.29) is 21.9 Å². The first-order chi connectivity index (χ1) is 10.1. The lowest BCUT2D eigenvalue weighted by Gasteiger charge is -2.30. The van der Waals surface area contributed by atoms with Crippen molar-refractivity contribution in [1.82, 2.24) is 5.32 Å². The zero-order valence-corrected chi connectivity index (χ0v) is 14.2. The van der Waals surface area contributed by atoms with Crippen LogP contribution in [0, 0.1) is 16.6 Å². The van der Waals surface area contributed by atoms with Crippen molar-refractivity contribution in [2.75, 3.05) is 18.8 Å². The van der Waals surface area contributed by atoms with Crippen molar-refractivity contribution in [2.45, 2.75) is 40.0 Å². The van der Waals surface area contributed by atoms with Crippen LogP contribution in [0.5, 0.6) is 0 Å². The number of nitrogen functional groups attached to an aromatic ring is 1. The number of ketones is 1. The van der Waals surface area contributed by atoms with Crippen LogP contribution >= 0.6 is 11.6 Å². The molecule has 1 heterocycles. The minimum absolute atomic E-state index is 0.0393. The number of benzene rings is 1. The number of nitrogens with one attached hydrogen (secondary N) is 1. The van der Waals surface area contributed by atoms with E-state index in [0.29, 0.717) is 12.1 Å². The SMILES string of the molecule is CC(C)(C)CC[C@]1(C(=O)c2cc(F)c(N)c(Cl)c2)CCNC1. The number of carbonyl (C=O) groups excluding carboxylic acids is 1. The van der Waals surface area contributed by atoms with Crippen molar-refractivity contribution < 1.29 is 9.18 Å². The molecule has 122 valence electrons. The number of nitrogens with two attached hydrogens (primary N) is 1. The monoisotopic (exact) mass is 326 g/mol. The highest BCUT2D eigenvalue weighted by Crippen LogP contribution is 2.39. The van der Waals surface area contributed by atoms with Gasteiger partial charge in [0.2, 0.25) is 0 Å². The quantitative estimate of drug-likeness (QED) is 0.648. The van der Waals surface area contributed by atoms with Crippen molar-refractivity contribution in [3.8, 4) is 0 Å². The Morgan fingerprint density at radius 3 is 2.64 bits per heavy atom. The van der Waals surface area contributed by atoms with Gasteiger partial charge in [0.1, 0.15) is 5.82 Å². The maximum atomic E-state index is 13.8. The molecule has 1 saturated heterocycles. The lowest BCUT2D eigenvalue weighted by atomic mass is 9.72. The van der Waals surface area contributed by atoms with Crippen LogP contribution < -0.4 is 11.1 Å². The van der Waals surface area contributed by atoms with Crippen molar-refractivity contribution in [3.05, 3.63) is 28.5 Å². The maximum Gasteiger partial charge on any atom is 0.170 e. The normalized spacial score (nSPS) is 22.0. The van der Waals surface area contributed by atoms with E-state index in [4.69, 9.17) is 17.3 Å². The first kappa shape index (κ1) is 17.2. The Labute approximate surface area is 136 Å². The van der Waals surface area contributed by atoms with Crippen molar-refractivity contribution in [1.29, 1.82) is 0 Å². The van der Waals surface area contributed by atoms with Crippen LogP contribution in [-0.2, 0) is 0 Å². The van der Waals surface area contributed by atoms with Crippen molar-refractivity contribution in [3.63, 3.8) is 0 Å². The molecule has 0 bridgehead atoms. The van der Waals surface area contributed by atoms with Gasteiger partial charge in [-0.1, -0.05) is 32.4 Å². The third-order valence-corrected chi connectivity index (χ3v) is 4.73. The zero-order chi connectivity index (χ0) is 16.5. The lowest BCUT2D eigenvalue weighted by molar-refractivity contribution is 0.0783. The summed E-state index contributed by atoms with van der Waals surface area (Å²) in [6, 6.07) is 2.69. The average molecular weight is 327 g/mol. The molecule has 3 N–H and O–H groups in total.